The van der Waals surface area contributed by atoms with Gasteiger partial charge in [-0.3, -0.25) is 4.79 Å². The molecular weight excluding hydrogens is 376 g/mol. The predicted molar refractivity (Wildman–Crippen MR) is 105 cm³/mol. The van der Waals surface area contributed by atoms with E-state index in [-0.39, 0.29) is 21.6 Å². The second-order valence-corrected chi connectivity index (χ2v) is 8.58. The zero-order valence-electron chi connectivity index (χ0n) is 15.1. The number of sulfone groups is 1. The number of benzene rings is 2. The topological polar surface area (TPSA) is 115 Å². The maximum atomic E-state index is 13.2. The summed E-state index contributed by atoms with van der Waals surface area (Å²) in [5.74, 6) is -0.0190. The molecule has 2 aromatic carbocycles. The lowest BCUT2D eigenvalue weighted by Crippen LogP contribution is -2.31. The van der Waals surface area contributed by atoms with E-state index in [0.29, 0.717) is 24.1 Å². The minimum atomic E-state index is -3.74. The quantitative estimate of drug-likeness (QED) is 0.703. The van der Waals surface area contributed by atoms with Gasteiger partial charge in [0.1, 0.15) is 0 Å². The summed E-state index contributed by atoms with van der Waals surface area (Å²) in [4.78, 5) is 20.2. The molecule has 0 unspecified atom stereocenters. The van der Waals surface area contributed by atoms with Crippen molar-refractivity contribution in [1.29, 1.82) is 0 Å². The summed E-state index contributed by atoms with van der Waals surface area (Å²) < 4.78 is 26.4. The second kappa shape index (κ2) is 6.72. The molecule has 0 spiro atoms. The number of rotatable bonds is 3. The third kappa shape index (κ3) is 3.11. The highest BCUT2D eigenvalue weighted by Gasteiger charge is 2.23. The van der Waals surface area contributed by atoms with Gasteiger partial charge in [-0.25, -0.2) is 18.4 Å². The summed E-state index contributed by atoms with van der Waals surface area (Å²) in [5, 5.41) is 2.75. The number of nitrogen functional groups attached to an aromatic ring is 1. The molecular formula is C20H18N4O3S. The summed E-state index contributed by atoms with van der Waals surface area (Å²) in [6, 6.07) is 9.59. The molecule has 3 N–H and O–H groups in total. The number of hydrogen-bond donors (Lipinski definition) is 2. The van der Waals surface area contributed by atoms with E-state index in [0.717, 1.165) is 16.7 Å². The Bertz CT molecular complexity index is 1190. The number of nitrogens with zero attached hydrogens (tertiary/aromatic N) is 2. The first-order valence-corrected chi connectivity index (χ1v) is 10.2. The van der Waals surface area contributed by atoms with Gasteiger partial charge < -0.3 is 11.1 Å². The minimum absolute atomic E-state index is 0.156. The highest BCUT2D eigenvalue weighted by Crippen LogP contribution is 2.30. The number of aryl methyl sites for hydroxylation is 1. The Morgan fingerprint density at radius 3 is 2.43 bits per heavy atom. The summed E-state index contributed by atoms with van der Waals surface area (Å²) in [6.45, 7) is 2.39. The third-order valence-electron chi connectivity index (χ3n) is 4.81. The average molecular weight is 394 g/mol. The fourth-order valence-corrected chi connectivity index (χ4v) is 4.60. The summed E-state index contributed by atoms with van der Waals surface area (Å²) in [7, 11) is -3.74. The monoisotopic (exact) mass is 394 g/mol. The number of carbonyl (C=O) groups is 1. The number of fused-ring (bicyclic) bond motifs is 1. The second-order valence-electron chi connectivity index (χ2n) is 6.63. The summed E-state index contributed by atoms with van der Waals surface area (Å²) in [6.07, 6.45) is 3.74. The summed E-state index contributed by atoms with van der Waals surface area (Å²) >= 11 is 0. The van der Waals surface area contributed by atoms with Crippen LogP contribution in [-0.2, 0) is 16.3 Å². The first-order chi connectivity index (χ1) is 13.4. The van der Waals surface area contributed by atoms with Gasteiger partial charge in [0.25, 0.3) is 5.91 Å². The van der Waals surface area contributed by atoms with E-state index in [9.17, 15) is 13.2 Å². The molecule has 0 saturated carbocycles. The lowest BCUT2D eigenvalue weighted by Gasteiger charge is -2.17. The molecule has 1 aromatic heterocycles. The molecule has 1 amide bonds. The third-order valence-corrected chi connectivity index (χ3v) is 6.56. The Labute approximate surface area is 162 Å². The van der Waals surface area contributed by atoms with Crippen molar-refractivity contribution in [2.24, 2.45) is 0 Å². The molecule has 4 rings (SSSR count). The average Bonchev–Trinajstić information content (AvgIpc) is 2.69. The van der Waals surface area contributed by atoms with Crippen LogP contribution in [0, 0.1) is 6.92 Å². The molecule has 0 bridgehead atoms. The maximum absolute atomic E-state index is 13.2. The van der Waals surface area contributed by atoms with Crippen molar-refractivity contribution in [2.45, 2.75) is 23.1 Å². The molecule has 7 nitrogen and oxygen atoms in total. The van der Waals surface area contributed by atoms with Gasteiger partial charge >= 0.3 is 0 Å². The van der Waals surface area contributed by atoms with Crippen molar-refractivity contribution < 1.29 is 13.2 Å². The van der Waals surface area contributed by atoms with Crippen LogP contribution >= 0.6 is 0 Å². The molecule has 3 aromatic rings. The van der Waals surface area contributed by atoms with Crippen LogP contribution in [0.25, 0.3) is 11.1 Å². The van der Waals surface area contributed by atoms with Gasteiger partial charge in [-0.15, -0.1) is 0 Å². The van der Waals surface area contributed by atoms with Gasteiger partial charge in [0.15, 0.2) is 0 Å². The zero-order chi connectivity index (χ0) is 19.9. The van der Waals surface area contributed by atoms with Crippen molar-refractivity contribution in [3.63, 3.8) is 0 Å². The summed E-state index contributed by atoms with van der Waals surface area (Å²) in [5.41, 5.74) is 9.10. The van der Waals surface area contributed by atoms with E-state index in [4.69, 9.17) is 5.73 Å². The zero-order valence-corrected chi connectivity index (χ0v) is 16.0. The van der Waals surface area contributed by atoms with Crippen LogP contribution in [0.15, 0.2) is 58.6 Å². The Kier molecular flexibility index (Phi) is 4.35. The van der Waals surface area contributed by atoms with Crippen LogP contribution in [0.1, 0.15) is 21.5 Å². The van der Waals surface area contributed by atoms with E-state index in [1.54, 1.807) is 42.7 Å². The lowest BCUT2D eigenvalue weighted by atomic mass is 10.0. The molecule has 0 radical (unpaired) electrons. The molecule has 0 saturated heterocycles. The van der Waals surface area contributed by atoms with E-state index in [1.807, 2.05) is 6.92 Å². The largest absolute Gasteiger partial charge is 0.368 e. The van der Waals surface area contributed by atoms with Gasteiger partial charge in [0, 0.05) is 30.1 Å². The van der Waals surface area contributed by atoms with Crippen LogP contribution in [0.3, 0.4) is 0 Å². The fraction of sp³-hybridized carbons (Fsp3) is 0.150. The van der Waals surface area contributed by atoms with Crippen LogP contribution in [0.5, 0.6) is 0 Å². The molecule has 0 aliphatic carbocycles. The molecule has 142 valence electrons. The molecule has 0 atom stereocenters. The molecule has 1 aliphatic rings. The SMILES string of the molecule is Cc1ccc(S(=O)(=O)c2ccc3c(c2)CCNC3=O)cc1-c1cnc(N)nc1. The van der Waals surface area contributed by atoms with Crippen molar-refractivity contribution in [3.8, 4) is 11.1 Å². The number of anilines is 1. The van der Waals surface area contributed by atoms with Crippen LogP contribution in [0.4, 0.5) is 5.95 Å². The number of nitrogens with one attached hydrogen (secondary N) is 1. The minimum Gasteiger partial charge on any atom is -0.368 e. The molecule has 28 heavy (non-hydrogen) atoms. The number of amides is 1. The number of carbonyl (C=O) groups excluding carboxylic acids is 1. The molecule has 1 aliphatic heterocycles. The number of nitrogens with two attached hydrogens (primary N) is 1. The van der Waals surface area contributed by atoms with Gasteiger partial charge in [0.2, 0.25) is 15.8 Å². The van der Waals surface area contributed by atoms with Gasteiger partial charge in [-0.2, -0.15) is 0 Å². The van der Waals surface area contributed by atoms with Crippen LogP contribution in [0.2, 0.25) is 0 Å². The highest BCUT2D eigenvalue weighted by atomic mass is 32.2. The Hall–Kier alpha value is -3.26. The Morgan fingerprint density at radius 1 is 1.00 bits per heavy atom. The van der Waals surface area contributed by atoms with Crippen molar-refractivity contribution in [1.82, 2.24) is 15.3 Å². The molecule has 8 heteroatoms. The predicted octanol–water partition coefficient (Wildman–Crippen LogP) is 2.15. The van der Waals surface area contributed by atoms with Crippen molar-refractivity contribution >= 4 is 21.7 Å². The Morgan fingerprint density at radius 2 is 1.68 bits per heavy atom. The lowest BCUT2D eigenvalue weighted by molar-refractivity contribution is 0.0946. The fourth-order valence-electron chi connectivity index (χ4n) is 3.26. The highest BCUT2D eigenvalue weighted by molar-refractivity contribution is 7.91. The van der Waals surface area contributed by atoms with E-state index in [2.05, 4.69) is 15.3 Å². The molecule has 2 heterocycles. The Balaban J connectivity index is 1.79. The van der Waals surface area contributed by atoms with E-state index >= 15 is 0 Å². The molecule has 0 fully saturated rings. The smallest absolute Gasteiger partial charge is 0.251 e. The maximum Gasteiger partial charge on any atom is 0.251 e. The van der Waals surface area contributed by atoms with E-state index in [1.165, 1.54) is 6.07 Å². The number of hydrogen-bond acceptors (Lipinski definition) is 6. The first-order valence-electron chi connectivity index (χ1n) is 8.71. The number of aromatic nitrogens is 2. The van der Waals surface area contributed by atoms with Gasteiger partial charge in [0.05, 0.1) is 9.79 Å². The van der Waals surface area contributed by atoms with E-state index < -0.39 is 9.84 Å². The normalized spacial score (nSPS) is 13.7. The van der Waals surface area contributed by atoms with Crippen molar-refractivity contribution in [2.75, 3.05) is 12.3 Å². The van der Waals surface area contributed by atoms with Gasteiger partial charge in [-0.1, -0.05) is 6.07 Å². The first kappa shape index (κ1) is 18.1. The van der Waals surface area contributed by atoms with Gasteiger partial charge in [-0.05, 0) is 60.4 Å². The van der Waals surface area contributed by atoms with Crippen LogP contribution < -0.4 is 11.1 Å². The van der Waals surface area contributed by atoms with Crippen molar-refractivity contribution in [3.05, 3.63) is 65.5 Å². The standard InChI is InChI=1S/C20H18N4O3S/c1-12-2-3-16(9-18(12)14-10-23-20(21)24-11-14)28(26,27)15-4-5-17-13(8-15)6-7-22-19(17)25/h2-5,8-11H,6-7H2,1H3,(H,22,25)(H2,21,23,24). The van der Waals surface area contributed by atoms with Crippen LogP contribution in [-0.4, -0.2) is 30.8 Å².